The molecule has 7 heteroatoms. The molecule has 0 unspecified atom stereocenters. The van der Waals surface area contributed by atoms with E-state index in [0.29, 0.717) is 5.69 Å². The fraction of sp³-hybridized carbons (Fsp3) is 0.182. The van der Waals surface area contributed by atoms with Crippen LogP contribution in [0.25, 0.3) is 5.69 Å². The molecule has 0 aliphatic rings. The van der Waals surface area contributed by atoms with Gasteiger partial charge in [0.25, 0.3) is 0 Å². The fourth-order valence-electron chi connectivity index (χ4n) is 1.66. The van der Waals surface area contributed by atoms with Crippen molar-refractivity contribution in [2.45, 2.75) is 13.1 Å². The zero-order valence-electron chi connectivity index (χ0n) is 9.29. The summed E-state index contributed by atoms with van der Waals surface area (Å²) in [5, 5.41) is 3.85. The Labute approximate surface area is 106 Å². The maximum absolute atomic E-state index is 12.9. The first-order chi connectivity index (χ1) is 8.29. The summed E-state index contributed by atoms with van der Waals surface area (Å²) in [5.74, 6) is 0.163. The van der Waals surface area contributed by atoms with Gasteiger partial charge < -0.3 is 5.73 Å². The molecule has 0 spiro atoms. The monoisotopic (exact) mass is 275 g/mol. The second-order valence-corrected chi connectivity index (χ2v) is 4.22. The molecular weight excluding hydrogens is 267 g/mol. The molecule has 0 saturated carbocycles. The molecule has 1 aromatic heterocycles. The fourth-order valence-corrected chi connectivity index (χ4v) is 1.83. The zero-order chi connectivity index (χ0) is 13.5. The number of hydrogen-bond donors (Lipinski definition) is 1. The summed E-state index contributed by atoms with van der Waals surface area (Å²) in [7, 11) is 0. The first-order valence-electron chi connectivity index (χ1n) is 4.98. The highest BCUT2D eigenvalue weighted by Crippen LogP contribution is 2.35. The molecule has 0 saturated heterocycles. The quantitative estimate of drug-likeness (QED) is 0.866. The van der Waals surface area contributed by atoms with Crippen molar-refractivity contribution in [3.05, 3.63) is 40.5 Å². The third-order valence-electron chi connectivity index (χ3n) is 2.40. The minimum Gasteiger partial charge on any atom is -0.382 e. The van der Waals surface area contributed by atoms with Crippen molar-refractivity contribution in [3.63, 3.8) is 0 Å². The lowest BCUT2D eigenvalue weighted by Gasteiger charge is -2.14. The number of nitrogen functional groups attached to an aromatic ring is 1. The Hall–Kier alpha value is -1.69. The SMILES string of the molecule is Cc1cc(N)nn1-c1ccc(Cl)cc1C(F)(F)F. The van der Waals surface area contributed by atoms with Crippen LogP contribution in [0.3, 0.4) is 0 Å². The molecule has 0 bridgehead atoms. The molecule has 2 aromatic rings. The Kier molecular flexibility index (Phi) is 2.98. The number of nitrogens with two attached hydrogens (primary N) is 1. The molecule has 0 amide bonds. The largest absolute Gasteiger partial charge is 0.418 e. The van der Waals surface area contributed by atoms with Gasteiger partial charge in [-0.2, -0.15) is 18.3 Å². The summed E-state index contributed by atoms with van der Waals surface area (Å²) in [6, 6.07) is 5.01. The van der Waals surface area contributed by atoms with Gasteiger partial charge in [0.15, 0.2) is 0 Å². The molecule has 2 rings (SSSR count). The number of rotatable bonds is 1. The Morgan fingerprint density at radius 3 is 2.44 bits per heavy atom. The summed E-state index contributed by atoms with van der Waals surface area (Å²) in [6.45, 7) is 1.62. The molecule has 0 atom stereocenters. The highest BCUT2D eigenvalue weighted by molar-refractivity contribution is 6.30. The van der Waals surface area contributed by atoms with E-state index >= 15 is 0 Å². The van der Waals surface area contributed by atoms with Crippen molar-refractivity contribution in [3.8, 4) is 5.69 Å². The molecule has 0 aliphatic carbocycles. The number of aryl methyl sites for hydroxylation is 1. The highest BCUT2D eigenvalue weighted by Gasteiger charge is 2.34. The number of hydrogen-bond acceptors (Lipinski definition) is 2. The van der Waals surface area contributed by atoms with Crippen LogP contribution in [0.4, 0.5) is 19.0 Å². The van der Waals surface area contributed by atoms with Crippen LogP contribution in [0.5, 0.6) is 0 Å². The van der Waals surface area contributed by atoms with Crippen molar-refractivity contribution in [1.29, 1.82) is 0 Å². The lowest BCUT2D eigenvalue weighted by molar-refractivity contribution is -0.137. The van der Waals surface area contributed by atoms with Crippen LogP contribution in [-0.2, 0) is 6.18 Å². The van der Waals surface area contributed by atoms with Gasteiger partial charge in [0.2, 0.25) is 0 Å². The molecular formula is C11H9ClF3N3. The lowest BCUT2D eigenvalue weighted by atomic mass is 10.1. The van der Waals surface area contributed by atoms with Crippen molar-refractivity contribution < 1.29 is 13.2 Å². The predicted molar refractivity (Wildman–Crippen MR) is 62.7 cm³/mol. The minimum atomic E-state index is -4.51. The molecule has 1 aromatic carbocycles. The van der Waals surface area contributed by atoms with Gasteiger partial charge in [0.05, 0.1) is 11.3 Å². The van der Waals surface area contributed by atoms with Crippen molar-refractivity contribution >= 4 is 17.4 Å². The first kappa shape index (κ1) is 12.8. The number of benzene rings is 1. The highest BCUT2D eigenvalue weighted by atomic mass is 35.5. The lowest BCUT2D eigenvalue weighted by Crippen LogP contribution is -2.12. The topological polar surface area (TPSA) is 43.8 Å². The van der Waals surface area contributed by atoms with Gasteiger partial charge in [-0.1, -0.05) is 11.6 Å². The first-order valence-corrected chi connectivity index (χ1v) is 5.36. The van der Waals surface area contributed by atoms with E-state index in [4.69, 9.17) is 17.3 Å². The number of nitrogens with zero attached hydrogens (tertiary/aromatic N) is 2. The smallest absolute Gasteiger partial charge is 0.382 e. The molecule has 18 heavy (non-hydrogen) atoms. The molecule has 0 radical (unpaired) electrons. The normalized spacial score (nSPS) is 11.8. The number of anilines is 1. The molecule has 0 fully saturated rings. The van der Waals surface area contributed by atoms with E-state index in [1.54, 1.807) is 6.92 Å². The van der Waals surface area contributed by atoms with E-state index in [1.165, 1.54) is 18.2 Å². The van der Waals surface area contributed by atoms with Crippen LogP contribution >= 0.6 is 11.6 Å². The van der Waals surface area contributed by atoms with Crippen molar-refractivity contribution in [2.24, 2.45) is 0 Å². The van der Waals surface area contributed by atoms with E-state index in [9.17, 15) is 13.2 Å². The van der Waals surface area contributed by atoms with Crippen LogP contribution in [0, 0.1) is 6.92 Å². The standard InChI is InChI=1S/C11H9ClF3N3/c1-6-4-10(16)17-18(6)9-3-2-7(12)5-8(9)11(13,14)15/h2-5H,1H3,(H2,16,17). The van der Waals surface area contributed by atoms with Crippen LogP contribution in [-0.4, -0.2) is 9.78 Å². The van der Waals surface area contributed by atoms with Crippen molar-refractivity contribution in [2.75, 3.05) is 5.73 Å². The van der Waals surface area contributed by atoms with Crippen molar-refractivity contribution in [1.82, 2.24) is 9.78 Å². The van der Waals surface area contributed by atoms with Gasteiger partial charge in [-0.05, 0) is 25.1 Å². The van der Waals surface area contributed by atoms with Gasteiger partial charge in [0, 0.05) is 16.8 Å². The van der Waals surface area contributed by atoms with Gasteiger partial charge in [-0.15, -0.1) is 0 Å². The summed E-state index contributed by atoms with van der Waals surface area (Å²) in [4.78, 5) is 0. The molecule has 1 heterocycles. The third-order valence-corrected chi connectivity index (χ3v) is 2.63. The van der Waals surface area contributed by atoms with E-state index in [1.807, 2.05) is 0 Å². The van der Waals surface area contributed by atoms with E-state index in [-0.39, 0.29) is 16.5 Å². The number of halogens is 4. The van der Waals surface area contributed by atoms with Gasteiger partial charge in [-0.3, -0.25) is 0 Å². The summed E-state index contributed by atoms with van der Waals surface area (Å²) in [6.07, 6.45) is -4.51. The Bertz CT molecular complexity index is 590. The Balaban J connectivity index is 2.68. The van der Waals surface area contributed by atoms with Crippen LogP contribution in [0.2, 0.25) is 5.02 Å². The van der Waals surface area contributed by atoms with Crippen LogP contribution in [0.15, 0.2) is 24.3 Å². The minimum absolute atomic E-state index is 0.0175. The summed E-state index contributed by atoms with van der Waals surface area (Å²) >= 11 is 5.60. The van der Waals surface area contributed by atoms with Gasteiger partial charge in [0.1, 0.15) is 5.82 Å². The average molecular weight is 276 g/mol. The second-order valence-electron chi connectivity index (χ2n) is 3.78. The summed E-state index contributed by atoms with van der Waals surface area (Å²) < 4.78 is 39.9. The Morgan fingerprint density at radius 2 is 1.94 bits per heavy atom. The average Bonchev–Trinajstić information content (AvgIpc) is 2.56. The third kappa shape index (κ3) is 2.28. The second kappa shape index (κ2) is 4.20. The molecule has 0 aliphatic heterocycles. The zero-order valence-corrected chi connectivity index (χ0v) is 10.0. The molecule has 3 nitrogen and oxygen atoms in total. The Morgan fingerprint density at radius 1 is 1.28 bits per heavy atom. The maximum Gasteiger partial charge on any atom is 0.418 e. The molecule has 2 N–H and O–H groups in total. The predicted octanol–water partition coefficient (Wildman–Crippen LogP) is 3.44. The maximum atomic E-state index is 12.9. The molecule has 96 valence electrons. The number of alkyl halides is 3. The summed E-state index contributed by atoms with van der Waals surface area (Å²) in [5.41, 5.74) is 5.04. The van der Waals surface area contributed by atoms with E-state index in [2.05, 4.69) is 5.10 Å². The van der Waals surface area contributed by atoms with Crippen LogP contribution in [0.1, 0.15) is 11.3 Å². The van der Waals surface area contributed by atoms with Gasteiger partial charge >= 0.3 is 6.18 Å². The number of aromatic nitrogens is 2. The van der Waals surface area contributed by atoms with E-state index < -0.39 is 11.7 Å². The van der Waals surface area contributed by atoms with E-state index in [0.717, 1.165) is 10.7 Å². The van der Waals surface area contributed by atoms with Gasteiger partial charge in [-0.25, -0.2) is 4.68 Å². The van der Waals surface area contributed by atoms with Crippen LogP contribution < -0.4 is 5.73 Å².